The van der Waals surface area contributed by atoms with Gasteiger partial charge in [0.15, 0.2) is 11.4 Å². The van der Waals surface area contributed by atoms with Crippen molar-refractivity contribution in [3.8, 4) is 5.75 Å². The van der Waals surface area contributed by atoms with Gasteiger partial charge in [-0.1, -0.05) is 18.2 Å². The predicted molar refractivity (Wildman–Crippen MR) is 105 cm³/mol. The van der Waals surface area contributed by atoms with Gasteiger partial charge in [0, 0.05) is 37.0 Å². The lowest BCUT2D eigenvalue weighted by atomic mass is 10.0. The summed E-state index contributed by atoms with van der Waals surface area (Å²) in [6.07, 6.45) is 3.25. The van der Waals surface area contributed by atoms with Crippen LogP contribution in [-0.4, -0.2) is 50.2 Å². The van der Waals surface area contributed by atoms with Crippen molar-refractivity contribution in [3.63, 3.8) is 0 Å². The number of hydrogen-bond acceptors (Lipinski definition) is 5. The molecule has 162 valence electrons. The molecule has 1 aromatic carbocycles. The Hall–Kier alpha value is -3.53. The number of carbonyl (C=O) groups is 2. The summed E-state index contributed by atoms with van der Waals surface area (Å²) in [7, 11) is 0. The smallest absolute Gasteiger partial charge is 0.275 e. The fourth-order valence-corrected chi connectivity index (χ4v) is 3.83. The summed E-state index contributed by atoms with van der Waals surface area (Å²) in [6, 6.07) is 1.78. The van der Waals surface area contributed by atoms with Gasteiger partial charge in [-0.05, 0) is 13.0 Å². The van der Waals surface area contributed by atoms with E-state index in [2.05, 4.69) is 5.32 Å². The summed E-state index contributed by atoms with van der Waals surface area (Å²) in [5, 5.41) is 23.3. The van der Waals surface area contributed by atoms with Crippen LogP contribution < -0.4 is 10.7 Å². The molecule has 3 atom stereocenters. The molecule has 4 rings (SSSR count). The number of benzene rings is 1. The zero-order valence-corrected chi connectivity index (χ0v) is 16.4. The predicted octanol–water partition coefficient (Wildman–Crippen LogP) is 1.08. The van der Waals surface area contributed by atoms with Gasteiger partial charge in [-0.2, -0.15) is 0 Å². The molecule has 10 heteroatoms. The van der Waals surface area contributed by atoms with Crippen molar-refractivity contribution in [2.24, 2.45) is 0 Å². The molecule has 31 heavy (non-hydrogen) atoms. The van der Waals surface area contributed by atoms with E-state index in [1.165, 1.54) is 15.5 Å². The maximum absolute atomic E-state index is 13.8. The van der Waals surface area contributed by atoms with Crippen LogP contribution in [0.1, 0.15) is 39.4 Å². The molecular formula is C21H19F2N3O5. The Morgan fingerprint density at radius 1 is 1.26 bits per heavy atom. The molecule has 8 nitrogen and oxygen atoms in total. The molecule has 0 saturated carbocycles. The molecule has 2 aromatic rings. The number of nitrogens with one attached hydrogen (secondary N) is 1. The van der Waals surface area contributed by atoms with Crippen molar-refractivity contribution in [1.29, 1.82) is 0 Å². The number of aliphatic hydroxyl groups is 1. The second kappa shape index (κ2) is 7.62. The Labute approximate surface area is 175 Å². The normalized spacial score (nSPS) is 22.1. The summed E-state index contributed by atoms with van der Waals surface area (Å²) < 4.78 is 28.1. The summed E-state index contributed by atoms with van der Waals surface area (Å²) in [5.74, 6) is -4.05. The Balaban J connectivity index is 1.70. The van der Waals surface area contributed by atoms with E-state index in [4.69, 9.17) is 0 Å². The van der Waals surface area contributed by atoms with Gasteiger partial charge in [0.1, 0.15) is 17.2 Å². The average Bonchev–Trinajstić information content (AvgIpc) is 2.85. The highest BCUT2D eigenvalue weighted by molar-refractivity contribution is 5.99. The van der Waals surface area contributed by atoms with Crippen LogP contribution in [0.15, 0.2) is 41.3 Å². The van der Waals surface area contributed by atoms with E-state index >= 15 is 0 Å². The van der Waals surface area contributed by atoms with Crippen molar-refractivity contribution >= 4 is 11.8 Å². The molecule has 0 saturated heterocycles. The van der Waals surface area contributed by atoms with E-state index < -0.39 is 52.3 Å². The number of aromatic hydroxyl groups is 1. The van der Waals surface area contributed by atoms with E-state index in [9.17, 15) is 33.4 Å². The Morgan fingerprint density at radius 3 is 2.71 bits per heavy atom. The Morgan fingerprint density at radius 2 is 2.00 bits per heavy atom. The third-order valence-electron chi connectivity index (χ3n) is 5.59. The Kier molecular flexibility index (Phi) is 5.10. The molecule has 0 spiro atoms. The first-order valence-electron chi connectivity index (χ1n) is 9.56. The minimum absolute atomic E-state index is 0.00108. The van der Waals surface area contributed by atoms with E-state index in [1.54, 1.807) is 13.0 Å². The van der Waals surface area contributed by atoms with E-state index in [0.717, 1.165) is 18.3 Å². The molecule has 1 aromatic heterocycles. The number of nitrogens with zero attached hydrogens (tertiary/aromatic N) is 2. The summed E-state index contributed by atoms with van der Waals surface area (Å²) in [6.45, 7) is 1.53. The quantitative estimate of drug-likeness (QED) is 0.630. The molecule has 3 N–H and O–H groups in total. The molecular weight excluding hydrogens is 412 g/mol. The molecule has 0 unspecified atom stereocenters. The number of aliphatic hydroxyl groups excluding tert-OH is 1. The van der Waals surface area contributed by atoms with Gasteiger partial charge < -0.3 is 25.0 Å². The second-order valence-electron chi connectivity index (χ2n) is 7.54. The van der Waals surface area contributed by atoms with E-state index in [0.29, 0.717) is 6.07 Å². The largest absolute Gasteiger partial charge is 0.503 e. The van der Waals surface area contributed by atoms with Crippen LogP contribution in [0.5, 0.6) is 5.75 Å². The molecule has 3 heterocycles. The highest BCUT2D eigenvalue weighted by Gasteiger charge is 2.40. The maximum Gasteiger partial charge on any atom is 0.275 e. The van der Waals surface area contributed by atoms with Crippen LogP contribution in [0.2, 0.25) is 0 Å². The van der Waals surface area contributed by atoms with Gasteiger partial charge >= 0.3 is 0 Å². The fourth-order valence-electron chi connectivity index (χ4n) is 3.83. The van der Waals surface area contributed by atoms with Gasteiger partial charge in [0.2, 0.25) is 5.43 Å². The van der Waals surface area contributed by atoms with Crippen molar-refractivity contribution in [2.75, 3.05) is 6.54 Å². The SMILES string of the molecule is C[C@H]1C=C[C@H](O)[C@H]2CN1C(=O)c1c(O)c(=O)c(C(=O)NCc3ccc(F)cc3F)cn12. The monoisotopic (exact) mass is 431 g/mol. The minimum atomic E-state index is -1.06. The Bertz CT molecular complexity index is 1180. The van der Waals surface area contributed by atoms with Crippen molar-refractivity contribution in [2.45, 2.75) is 31.7 Å². The van der Waals surface area contributed by atoms with Crippen LogP contribution in [0.4, 0.5) is 8.78 Å². The molecule has 2 amide bonds. The minimum Gasteiger partial charge on any atom is -0.503 e. The number of amides is 2. The standard InChI is InChI=1S/C21H19F2N3O5/c1-10-2-5-16(27)15-9-25(10)21(31)17-19(29)18(28)13(8-26(15)17)20(30)24-7-11-3-4-12(22)6-14(11)23/h2-6,8,10,15-16,27,29H,7,9H2,1H3,(H,24,30)/t10-,15+,16-/m0/s1. The van der Waals surface area contributed by atoms with Crippen molar-refractivity contribution in [3.05, 3.63) is 75.2 Å². The summed E-state index contributed by atoms with van der Waals surface area (Å²) in [5.41, 5.74) is -1.84. The van der Waals surface area contributed by atoms with E-state index in [-0.39, 0.29) is 30.4 Å². The van der Waals surface area contributed by atoms with Crippen LogP contribution >= 0.6 is 0 Å². The summed E-state index contributed by atoms with van der Waals surface area (Å²) >= 11 is 0. The van der Waals surface area contributed by atoms with Gasteiger partial charge in [-0.25, -0.2) is 8.78 Å². The summed E-state index contributed by atoms with van der Waals surface area (Å²) in [4.78, 5) is 39.5. The van der Waals surface area contributed by atoms with Crippen LogP contribution in [0.25, 0.3) is 0 Å². The number of halogens is 2. The number of hydrogen-bond donors (Lipinski definition) is 3. The first-order valence-corrected chi connectivity index (χ1v) is 9.56. The van der Waals surface area contributed by atoms with E-state index in [1.807, 2.05) is 0 Å². The number of carbonyl (C=O) groups excluding carboxylic acids is 2. The molecule has 2 aliphatic rings. The number of fused-ring (bicyclic) bond motifs is 4. The van der Waals surface area contributed by atoms with Crippen molar-refractivity contribution in [1.82, 2.24) is 14.8 Å². The number of aromatic nitrogens is 1. The molecule has 2 aliphatic heterocycles. The first-order chi connectivity index (χ1) is 14.7. The van der Waals surface area contributed by atoms with Gasteiger partial charge in [0.25, 0.3) is 11.8 Å². The lowest BCUT2D eigenvalue weighted by Gasteiger charge is -2.38. The second-order valence-corrected chi connectivity index (χ2v) is 7.54. The van der Waals surface area contributed by atoms with Crippen molar-refractivity contribution < 1.29 is 28.6 Å². The lowest BCUT2D eigenvalue weighted by Crippen LogP contribution is -2.49. The molecule has 0 fully saturated rings. The number of rotatable bonds is 3. The molecule has 0 aliphatic carbocycles. The van der Waals surface area contributed by atoms with Gasteiger partial charge in [-0.3, -0.25) is 14.4 Å². The molecule has 2 bridgehead atoms. The zero-order valence-electron chi connectivity index (χ0n) is 16.4. The lowest BCUT2D eigenvalue weighted by molar-refractivity contribution is 0.0534. The average molecular weight is 431 g/mol. The number of pyridine rings is 1. The fraction of sp³-hybridized carbons (Fsp3) is 0.286. The highest BCUT2D eigenvalue weighted by Crippen LogP contribution is 2.32. The van der Waals surface area contributed by atoms with Crippen LogP contribution in [-0.2, 0) is 6.54 Å². The zero-order chi connectivity index (χ0) is 22.4. The topological polar surface area (TPSA) is 112 Å². The third-order valence-corrected chi connectivity index (χ3v) is 5.59. The van der Waals surface area contributed by atoms with Gasteiger partial charge in [-0.15, -0.1) is 0 Å². The highest BCUT2D eigenvalue weighted by atomic mass is 19.1. The van der Waals surface area contributed by atoms with Crippen LogP contribution in [0, 0.1) is 11.6 Å². The van der Waals surface area contributed by atoms with Gasteiger partial charge in [0.05, 0.1) is 12.1 Å². The maximum atomic E-state index is 13.8. The van der Waals surface area contributed by atoms with Crippen LogP contribution in [0.3, 0.4) is 0 Å². The molecule has 0 radical (unpaired) electrons. The third kappa shape index (κ3) is 3.48. The first kappa shape index (κ1) is 20.7.